The highest BCUT2D eigenvalue weighted by Gasteiger charge is 2.20. The average Bonchev–Trinajstić information content (AvgIpc) is 3.91. The fraction of sp³-hybridized carbons (Fsp3) is 0.200. The van der Waals surface area contributed by atoms with Crippen molar-refractivity contribution < 1.29 is 0 Å². The van der Waals surface area contributed by atoms with Crippen LogP contribution in [0.4, 0.5) is 17.3 Å². The van der Waals surface area contributed by atoms with Crippen LogP contribution in [0.15, 0.2) is 94.9 Å². The monoisotopic (exact) mass is 724 g/mol. The van der Waals surface area contributed by atoms with E-state index in [-0.39, 0.29) is 0 Å². The van der Waals surface area contributed by atoms with Crippen molar-refractivity contribution in [2.24, 2.45) is 0 Å². The molecule has 4 aromatic heterocycles. The van der Waals surface area contributed by atoms with Crippen molar-refractivity contribution in [1.82, 2.24) is 40.2 Å². The summed E-state index contributed by atoms with van der Waals surface area (Å²) in [6.45, 7) is 2.91. The summed E-state index contributed by atoms with van der Waals surface area (Å²) in [5, 5.41) is 22.8. The molecule has 5 N–H and O–H groups in total. The minimum atomic E-state index is 0.490. The van der Waals surface area contributed by atoms with Crippen LogP contribution in [0.3, 0.4) is 0 Å². The molecule has 10 nitrogen and oxygen atoms in total. The Hall–Kier alpha value is -5.14. The lowest BCUT2D eigenvalue weighted by molar-refractivity contribution is 0.353. The smallest absolute Gasteiger partial charge is 0.157 e. The number of aromatic amines is 2. The van der Waals surface area contributed by atoms with E-state index in [1.807, 2.05) is 12.3 Å². The Kier molecular flexibility index (Phi) is 9.22. The SMILES string of the molecule is CSc1ccc2nc(N)c3[nH]nc(-c4ccc5c(c4)CN(C)C5)c3c2c1.CSc1ccc2nc(Nc3ccc(CN(C)C)cc3)c3[nH]ncc3c2c1. The molecule has 1 aliphatic rings. The average molecular weight is 725 g/mol. The minimum Gasteiger partial charge on any atom is -0.382 e. The molecule has 0 aliphatic carbocycles. The lowest BCUT2D eigenvalue weighted by atomic mass is 10.0. The molecule has 262 valence electrons. The van der Waals surface area contributed by atoms with Gasteiger partial charge in [0.1, 0.15) is 22.5 Å². The summed E-state index contributed by atoms with van der Waals surface area (Å²) in [5.41, 5.74) is 16.9. The predicted octanol–water partition coefficient (Wildman–Crippen LogP) is 8.67. The molecule has 0 radical (unpaired) electrons. The number of hydrogen-bond donors (Lipinski definition) is 4. The van der Waals surface area contributed by atoms with Crippen molar-refractivity contribution >= 4 is 84.5 Å². The number of H-pyrrole nitrogens is 2. The second-order valence-electron chi connectivity index (χ2n) is 13.4. The van der Waals surface area contributed by atoms with Crippen LogP contribution in [-0.2, 0) is 19.6 Å². The first-order valence-corrected chi connectivity index (χ1v) is 19.5. The number of thioether (sulfide) groups is 2. The Morgan fingerprint density at radius 3 is 2.23 bits per heavy atom. The Morgan fingerprint density at radius 2 is 1.50 bits per heavy atom. The highest BCUT2D eigenvalue weighted by molar-refractivity contribution is 7.98. The van der Waals surface area contributed by atoms with Crippen LogP contribution in [0.2, 0.25) is 0 Å². The standard InChI is InChI=1S/C20H19N5S.C20H21N5S/c1-25-9-12-4-3-11(7-13(12)10-25)18-17-15-8-14(26-2)5-6-16(15)22-20(21)19(17)24-23-18;1-25(2)12-13-4-6-14(7-5-13)22-20-19-17(11-21-24-19)16-10-15(26-3)8-9-18(16)23-20/h3-8H,9-10H2,1-2H3,(H2,21,22)(H,23,24);4-11H,12H2,1-3H3,(H,21,24)(H,22,23). The number of nitrogen functional groups attached to an aromatic ring is 1. The zero-order valence-corrected chi connectivity index (χ0v) is 31.4. The molecule has 8 aromatic rings. The van der Waals surface area contributed by atoms with Gasteiger partial charge in [0.15, 0.2) is 5.82 Å². The number of rotatable bonds is 7. The molecular formula is C40H40N10S2. The quantitative estimate of drug-likeness (QED) is 0.119. The Morgan fingerprint density at radius 1 is 0.788 bits per heavy atom. The second kappa shape index (κ2) is 14.1. The largest absolute Gasteiger partial charge is 0.382 e. The van der Waals surface area contributed by atoms with Crippen molar-refractivity contribution in [2.75, 3.05) is 44.7 Å². The van der Waals surface area contributed by atoms with E-state index in [1.54, 1.807) is 23.5 Å². The van der Waals surface area contributed by atoms with E-state index >= 15 is 0 Å². The van der Waals surface area contributed by atoms with E-state index in [9.17, 15) is 0 Å². The van der Waals surface area contributed by atoms with Gasteiger partial charge in [-0.1, -0.05) is 24.3 Å². The highest BCUT2D eigenvalue weighted by Crippen LogP contribution is 2.37. The first-order valence-electron chi connectivity index (χ1n) is 17.0. The number of nitrogens with zero attached hydrogens (tertiary/aromatic N) is 6. The summed E-state index contributed by atoms with van der Waals surface area (Å²) in [7, 11) is 6.29. The number of pyridine rings is 2. The third kappa shape index (κ3) is 6.54. The molecule has 9 rings (SSSR count). The summed E-state index contributed by atoms with van der Waals surface area (Å²) < 4.78 is 0. The van der Waals surface area contributed by atoms with E-state index in [2.05, 4.69) is 147 Å². The number of anilines is 3. The zero-order valence-electron chi connectivity index (χ0n) is 29.8. The maximum atomic E-state index is 6.20. The van der Waals surface area contributed by atoms with Crippen LogP contribution < -0.4 is 11.1 Å². The van der Waals surface area contributed by atoms with E-state index in [4.69, 9.17) is 10.7 Å². The van der Waals surface area contributed by atoms with Crippen molar-refractivity contribution in [3.05, 3.63) is 102 Å². The van der Waals surface area contributed by atoms with E-state index in [0.29, 0.717) is 5.82 Å². The Labute approximate surface area is 310 Å². The van der Waals surface area contributed by atoms with Crippen molar-refractivity contribution in [2.45, 2.75) is 29.4 Å². The third-order valence-corrected chi connectivity index (χ3v) is 10.9. The van der Waals surface area contributed by atoms with Crippen LogP contribution in [0, 0.1) is 0 Å². The topological polar surface area (TPSA) is 128 Å². The molecule has 0 amide bonds. The summed E-state index contributed by atoms with van der Waals surface area (Å²) in [5.74, 6) is 1.28. The fourth-order valence-electron chi connectivity index (χ4n) is 6.92. The van der Waals surface area contributed by atoms with Crippen LogP contribution >= 0.6 is 23.5 Å². The molecular weight excluding hydrogens is 685 g/mol. The van der Waals surface area contributed by atoms with Gasteiger partial charge in [0.25, 0.3) is 0 Å². The Bertz CT molecular complexity index is 2580. The van der Waals surface area contributed by atoms with Gasteiger partial charge in [-0.3, -0.25) is 15.1 Å². The second-order valence-corrected chi connectivity index (χ2v) is 15.2. The normalized spacial score (nSPS) is 13.0. The fourth-order valence-corrected chi connectivity index (χ4v) is 7.80. The molecule has 52 heavy (non-hydrogen) atoms. The molecule has 0 saturated carbocycles. The predicted molar refractivity (Wildman–Crippen MR) is 218 cm³/mol. The van der Waals surface area contributed by atoms with Gasteiger partial charge in [0, 0.05) is 62.2 Å². The summed E-state index contributed by atoms with van der Waals surface area (Å²) >= 11 is 3.45. The number of aromatic nitrogens is 6. The molecule has 0 saturated heterocycles. The number of hydrogen-bond acceptors (Lipinski definition) is 10. The highest BCUT2D eigenvalue weighted by atomic mass is 32.2. The third-order valence-electron chi connectivity index (χ3n) is 9.41. The summed E-state index contributed by atoms with van der Waals surface area (Å²) in [6.07, 6.45) is 6.03. The number of nitrogens with two attached hydrogens (primary N) is 1. The number of benzene rings is 4. The first-order chi connectivity index (χ1) is 25.3. The number of nitrogens with one attached hydrogen (secondary N) is 3. The lowest BCUT2D eigenvalue weighted by Crippen LogP contribution is -2.10. The van der Waals surface area contributed by atoms with Crippen LogP contribution in [0.5, 0.6) is 0 Å². The van der Waals surface area contributed by atoms with Gasteiger partial charge in [-0.15, -0.1) is 23.5 Å². The Balaban J connectivity index is 0.000000149. The summed E-state index contributed by atoms with van der Waals surface area (Å²) in [6, 6.07) is 27.7. The maximum Gasteiger partial charge on any atom is 0.157 e. The van der Waals surface area contributed by atoms with E-state index in [0.717, 1.165) is 86.0 Å². The first kappa shape index (κ1) is 34.0. The minimum absolute atomic E-state index is 0.490. The van der Waals surface area contributed by atoms with E-state index < -0.39 is 0 Å². The molecule has 0 fully saturated rings. The number of fused-ring (bicyclic) bond motifs is 7. The van der Waals surface area contributed by atoms with Gasteiger partial charge in [-0.2, -0.15) is 10.2 Å². The van der Waals surface area contributed by atoms with Crippen LogP contribution in [-0.4, -0.2) is 73.8 Å². The van der Waals surface area contributed by atoms with Crippen molar-refractivity contribution in [3.8, 4) is 11.3 Å². The van der Waals surface area contributed by atoms with Gasteiger partial charge >= 0.3 is 0 Å². The molecule has 5 heterocycles. The molecule has 0 unspecified atom stereocenters. The van der Waals surface area contributed by atoms with E-state index in [1.165, 1.54) is 26.5 Å². The lowest BCUT2D eigenvalue weighted by Gasteiger charge is -2.12. The zero-order chi connectivity index (χ0) is 35.9. The van der Waals surface area contributed by atoms with Gasteiger partial charge in [-0.25, -0.2) is 9.97 Å². The molecule has 0 spiro atoms. The summed E-state index contributed by atoms with van der Waals surface area (Å²) in [4.78, 5) is 16.3. The van der Waals surface area contributed by atoms with Crippen LogP contribution in [0.1, 0.15) is 16.7 Å². The van der Waals surface area contributed by atoms with Gasteiger partial charge < -0.3 is 16.0 Å². The van der Waals surface area contributed by atoms with Gasteiger partial charge in [0.05, 0.1) is 17.2 Å². The molecule has 12 heteroatoms. The molecule has 0 atom stereocenters. The van der Waals surface area contributed by atoms with Crippen LogP contribution in [0.25, 0.3) is 54.9 Å². The van der Waals surface area contributed by atoms with Crippen molar-refractivity contribution in [3.63, 3.8) is 0 Å². The molecule has 1 aliphatic heterocycles. The van der Waals surface area contributed by atoms with Gasteiger partial charge in [-0.05, 0) is 105 Å². The van der Waals surface area contributed by atoms with Gasteiger partial charge in [0.2, 0.25) is 0 Å². The maximum absolute atomic E-state index is 6.20. The van der Waals surface area contributed by atoms with Crippen molar-refractivity contribution in [1.29, 1.82) is 0 Å². The molecule has 4 aromatic carbocycles. The molecule has 0 bridgehead atoms.